The van der Waals surface area contributed by atoms with Gasteiger partial charge in [0.1, 0.15) is 10.8 Å². The molecule has 3 heterocycles. The third kappa shape index (κ3) is 4.15. The van der Waals surface area contributed by atoms with E-state index in [9.17, 15) is 9.59 Å². The van der Waals surface area contributed by atoms with Gasteiger partial charge in [-0.2, -0.15) is 0 Å². The summed E-state index contributed by atoms with van der Waals surface area (Å²) in [7, 11) is 0. The molecule has 2 aromatic heterocycles. The standard InChI is InChI=1S/C26H21N3O3S/c1-2-23-26(31)29(15-22(30)17-8-4-3-5-9-17)21-14-18(11-12-24(21)32-23)20-16-33-25(28-20)19-10-6-7-13-27-19/h3-14,16,23H,2,15H2,1H3. The number of anilines is 1. The topological polar surface area (TPSA) is 72.4 Å². The Morgan fingerprint density at radius 2 is 1.88 bits per heavy atom. The first kappa shape index (κ1) is 21.0. The van der Waals surface area contributed by atoms with Gasteiger partial charge < -0.3 is 4.74 Å². The molecule has 1 amide bonds. The second-order valence-corrected chi connectivity index (χ2v) is 8.52. The highest BCUT2D eigenvalue weighted by Gasteiger charge is 2.35. The molecule has 0 radical (unpaired) electrons. The van der Waals surface area contributed by atoms with Gasteiger partial charge in [-0.1, -0.05) is 43.3 Å². The molecular weight excluding hydrogens is 434 g/mol. The van der Waals surface area contributed by atoms with Crippen LogP contribution >= 0.6 is 11.3 Å². The number of Topliss-reactive ketones (excluding diaryl/α,β-unsaturated/α-hetero) is 1. The van der Waals surface area contributed by atoms with Gasteiger partial charge in [0.25, 0.3) is 5.91 Å². The van der Waals surface area contributed by atoms with E-state index in [0.717, 1.165) is 22.0 Å². The van der Waals surface area contributed by atoms with Crippen molar-refractivity contribution in [3.8, 4) is 27.7 Å². The number of rotatable bonds is 6. The normalized spacial score (nSPS) is 15.1. The second kappa shape index (κ2) is 8.96. The number of amides is 1. The van der Waals surface area contributed by atoms with Crippen molar-refractivity contribution in [1.82, 2.24) is 9.97 Å². The third-order valence-corrected chi connectivity index (χ3v) is 6.38. The maximum atomic E-state index is 13.1. The van der Waals surface area contributed by atoms with E-state index in [2.05, 4.69) is 4.98 Å². The average Bonchev–Trinajstić information content (AvgIpc) is 3.37. The number of hydrogen-bond acceptors (Lipinski definition) is 6. The highest BCUT2D eigenvalue weighted by Crippen LogP contribution is 2.39. The van der Waals surface area contributed by atoms with Gasteiger partial charge in [-0.25, -0.2) is 4.98 Å². The molecule has 33 heavy (non-hydrogen) atoms. The zero-order chi connectivity index (χ0) is 22.8. The first-order valence-electron chi connectivity index (χ1n) is 10.7. The Kier molecular flexibility index (Phi) is 5.71. The van der Waals surface area contributed by atoms with Gasteiger partial charge in [0.2, 0.25) is 0 Å². The smallest absolute Gasteiger partial charge is 0.268 e. The zero-order valence-corrected chi connectivity index (χ0v) is 18.8. The SMILES string of the molecule is CCC1Oc2ccc(-c3csc(-c4ccccn4)n3)cc2N(CC(=O)c2ccccc2)C1=O. The van der Waals surface area contributed by atoms with Crippen LogP contribution in [0.25, 0.3) is 22.0 Å². The summed E-state index contributed by atoms with van der Waals surface area (Å²) in [5.74, 6) is 0.258. The molecule has 0 aliphatic carbocycles. The molecule has 1 unspecified atom stereocenters. The summed E-state index contributed by atoms with van der Waals surface area (Å²) in [4.78, 5) is 36.7. The minimum absolute atomic E-state index is 0.0462. The highest BCUT2D eigenvalue weighted by molar-refractivity contribution is 7.13. The molecule has 1 aliphatic rings. The number of carbonyl (C=O) groups is 2. The largest absolute Gasteiger partial charge is 0.478 e. The number of nitrogens with zero attached hydrogens (tertiary/aromatic N) is 3. The first-order chi connectivity index (χ1) is 16.1. The fraction of sp³-hybridized carbons (Fsp3) is 0.154. The second-order valence-electron chi connectivity index (χ2n) is 7.66. The van der Waals surface area contributed by atoms with Crippen LogP contribution in [0.2, 0.25) is 0 Å². The van der Waals surface area contributed by atoms with Crippen LogP contribution in [0.4, 0.5) is 5.69 Å². The van der Waals surface area contributed by atoms with Gasteiger partial charge in [0, 0.05) is 22.7 Å². The number of ether oxygens (including phenoxy) is 1. The van der Waals surface area contributed by atoms with E-state index in [0.29, 0.717) is 23.4 Å². The summed E-state index contributed by atoms with van der Waals surface area (Å²) >= 11 is 1.51. The molecule has 6 nitrogen and oxygen atoms in total. The third-order valence-electron chi connectivity index (χ3n) is 5.51. The Hall–Kier alpha value is -3.84. The number of ketones is 1. The summed E-state index contributed by atoms with van der Waals surface area (Å²) in [5, 5.41) is 2.78. The van der Waals surface area contributed by atoms with Crippen LogP contribution in [0, 0.1) is 0 Å². The summed E-state index contributed by atoms with van der Waals surface area (Å²) < 4.78 is 5.95. The molecule has 0 N–H and O–H groups in total. The highest BCUT2D eigenvalue weighted by atomic mass is 32.1. The van der Waals surface area contributed by atoms with Gasteiger partial charge in [0.05, 0.1) is 23.6 Å². The number of aromatic nitrogens is 2. The maximum absolute atomic E-state index is 13.1. The number of carbonyl (C=O) groups excluding carboxylic acids is 2. The molecule has 0 saturated heterocycles. The molecule has 4 aromatic rings. The van der Waals surface area contributed by atoms with Crippen molar-refractivity contribution in [2.24, 2.45) is 0 Å². The molecule has 0 saturated carbocycles. The molecule has 0 bridgehead atoms. The number of pyridine rings is 1. The molecule has 5 rings (SSSR count). The van der Waals surface area contributed by atoms with Crippen LogP contribution < -0.4 is 9.64 Å². The Morgan fingerprint density at radius 1 is 1.06 bits per heavy atom. The quantitative estimate of drug-likeness (QED) is 0.371. The molecule has 2 aromatic carbocycles. The Morgan fingerprint density at radius 3 is 2.64 bits per heavy atom. The van der Waals surface area contributed by atoms with E-state index in [1.807, 2.05) is 66.9 Å². The predicted octanol–water partition coefficient (Wildman–Crippen LogP) is 5.26. The van der Waals surface area contributed by atoms with Crippen molar-refractivity contribution in [2.45, 2.75) is 19.4 Å². The van der Waals surface area contributed by atoms with Crippen LogP contribution in [0.3, 0.4) is 0 Å². The molecule has 7 heteroatoms. The summed E-state index contributed by atoms with van der Waals surface area (Å²) in [6, 6.07) is 20.4. The van der Waals surface area contributed by atoms with Gasteiger partial charge in [0.15, 0.2) is 11.9 Å². The van der Waals surface area contributed by atoms with Crippen LogP contribution in [0.15, 0.2) is 78.3 Å². The lowest BCUT2D eigenvalue weighted by Gasteiger charge is -2.34. The van der Waals surface area contributed by atoms with Gasteiger partial charge in [-0.05, 0) is 36.8 Å². The van der Waals surface area contributed by atoms with Crippen molar-refractivity contribution < 1.29 is 14.3 Å². The van der Waals surface area contributed by atoms with Gasteiger partial charge >= 0.3 is 0 Å². The van der Waals surface area contributed by atoms with E-state index in [4.69, 9.17) is 9.72 Å². The van der Waals surface area contributed by atoms with E-state index in [1.54, 1.807) is 18.3 Å². The van der Waals surface area contributed by atoms with E-state index < -0.39 is 6.10 Å². The average molecular weight is 456 g/mol. The Bertz CT molecular complexity index is 1300. The first-order valence-corrected chi connectivity index (χ1v) is 11.6. The van der Waals surface area contributed by atoms with Gasteiger partial charge in [-0.15, -0.1) is 11.3 Å². The number of thiazole rings is 1. The van der Waals surface area contributed by atoms with Gasteiger partial charge in [-0.3, -0.25) is 19.5 Å². The summed E-state index contributed by atoms with van der Waals surface area (Å²) in [6.45, 7) is 1.85. The van der Waals surface area contributed by atoms with Crippen molar-refractivity contribution >= 4 is 28.7 Å². The number of benzene rings is 2. The maximum Gasteiger partial charge on any atom is 0.268 e. The molecule has 1 atom stereocenters. The van der Waals surface area contributed by atoms with Crippen molar-refractivity contribution in [3.63, 3.8) is 0 Å². The fourth-order valence-electron chi connectivity index (χ4n) is 3.78. The minimum Gasteiger partial charge on any atom is -0.478 e. The van der Waals surface area contributed by atoms with Crippen LogP contribution in [0.1, 0.15) is 23.7 Å². The minimum atomic E-state index is -0.609. The monoisotopic (exact) mass is 455 g/mol. The molecular formula is C26H21N3O3S. The zero-order valence-electron chi connectivity index (χ0n) is 18.0. The van der Waals surface area contributed by atoms with Crippen LogP contribution in [-0.4, -0.2) is 34.3 Å². The van der Waals surface area contributed by atoms with E-state index in [-0.39, 0.29) is 18.2 Å². The van der Waals surface area contributed by atoms with Crippen molar-refractivity contribution in [3.05, 3.63) is 83.9 Å². The predicted molar refractivity (Wildman–Crippen MR) is 129 cm³/mol. The lowest BCUT2D eigenvalue weighted by atomic mass is 10.1. The Labute approximate surface area is 195 Å². The number of hydrogen-bond donors (Lipinski definition) is 0. The molecule has 0 fully saturated rings. The molecule has 1 aliphatic heterocycles. The molecule has 0 spiro atoms. The fourth-order valence-corrected chi connectivity index (χ4v) is 4.58. The van der Waals surface area contributed by atoms with Crippen molar-refractivity contribution in [1.29, 1.82) is 0 Å². The lowest BCUT2D eigenvalue weighted by molar-refractivity contribution is -0.126. The lowest BCUT2D eigenvalue weighted by Crippen LogP contribution is -2.47. The summed E-state index contributed by atoms with van der Waals surface area (Å²) in [5.41, 5.74) is 3.59. The number of fused-ring (bicyclic) bond motifs is 1. The summed E-state index contributed by atoms with van der Waals surface area (Å²) in [6.07, 6.45) is 1.65. The van der Waals surface area contributed by atoms with Crippen LogP contribution in [0.5, 0.6) is 5.75 Å². The van der Waals surface area contributed by atoms with Crippen molar-refractivity contribution in [2.75, 3.05) is 11.4 Å². The van der Waals surface area contributed by atoms with E-state index in [1.165, 1.54) is 16.2 Å². The Balaban J connectivity index is 1.50. The van der Waals surface area contributed by atoms with Crippen LogP contribution in [-0.2, 0) is 4.79 Å². The molecule has 164 valence electrons. The van der Waals surface area contributed by atoms with E-state index >= 15 is 0 Å².